The van der Waals surface area contributed by atoms with Crippen molar-refractivity contribution in [1.29, 1.82) is 0 Å². The zero-order valence-corrected chi connectivity index (χ0v) is 13.2. The molecule has 1 heterocycles. The Morgan fingerprint density at radius 3 is 2.28 bits per heavy atom. The molecule has 0 fully saturated rings. The molecule has 1 N–H and O–H groups in total. The van der Waals surface area contributed by atoms with Gasteiger partial charge in [-0.05, 0) is 47.9 Å². The Bertz CT molecular complexity index is 905. The average Bonchev–Trinajstić information content (AvgIpc) is 2.65. The van der Waals surface area contributed by atoms with E-state index >= 15 is 0 Å². The predicted molar refractivity (Wildman–Crippen MR) is 91.1 cm³/mol. The van der Waals surface area contributed by atoms with Gasteiger partial charge in [-0.2, -0.15) is 0 Å². The number of aliphatic carboxylic acids is 1. The van der Waals surface area contributed by atoms with Crippen LogP contribution < -0.4 is 9.47 Å². The van der Waals surface area contributed by atoms with Crippen molar-refractivity contribution in [3.8, 4) is 11.5 Å². The summed E-state index contributed by atoms with van der Waals surface area (Å²) in [5, 5.41) is 10.7. The average molecular weight is 337 g/mol. The van der Waals surface area contributed by atoms with E-state index in [4.69, 9.17) is 14.6 Å². The van der Waals surface area contributed by atoms with Crippen LogP contribution in [0.2, 0.25) is 0 Å². The molecule has 3 aromatic rings. The van der Waals surface area contributed by atoms with Gasteiger partial charge in [0.2, 0.25) is 0 Å². The van der Waals surface area contributed by atoms with Crippen LogP contribution in [0, 0.1) is 0 Å². The quantitative estimate of drug-likeness (QED) is 0.405. The predicted octanol–water partition coefficient (Wildman–Crippen LogP) is 2.96. The van der Waals surface area contributed by atoms with Gasteiger partial charge in [0.15, 0.2) is 0 Å². The fraction of sp³-hybridized carbons (Fsp3) is 0.105. The molecule has 0 spiro atoms. The number of hydrogen-bond donors (Lipinski definition) is 1. The number of carboxylic acids is 1. The number of aromatic nitrogens is 1. The first-order chi connectivity index (χ1) is 12.1. The summed E-state index contributed by atoms with van der Waals surface area (Å²) in [5.41, 5.74) is 0.112. The fourth-order valence-corrected chi connectivity index (χ4v) is 2.30. The third-order valence-electron chi connectivity index (χ3n) is 3.54. The molecule has 6 heteroatoms. The maximum atomic E-state index is 11.3. The van der Waals surface area contributed by atoms with Gasteiger partial charge < -0.3 is 14.6 Å². The van der Waals surface area contributed by atoms with Crippen LogP contribution in [0.3, 0.4) is 0 Å². The summed E-state index contributed by atoms with van der Waals surface area (Å²) in [4.78, 5) is 26.0. The molecule has 2 aromatic carbocycles. The molecule has 6 nitrogen and oxygen atoms in total. The molecule has 0 unspecified atom stereocenters. The lowest BCUT2D eigenvalue weighted by atomic mass is 10.1. The lowest BCUT2D eigenvalue weighted by molar-refractivity contribution is -0.131. The van der Waals surface area contributed by atoms with Gasteiger partial charge >= 0.3 is 5.97 Å². The molecule has 0 amide bonds. The Kier molecular flexibility index (Phi) is 4.89. The molecule has 25 heavy (non-hydrogen) atoms. The minimum Gasteiger partial charge on any atom is -0.490 e. The summed E-state index contributed by atoms with van der Waals surface area (Å²) in [6.07, 6.45) is 3.52. The van der Waals surface area contributed by atoms with Crippen molar-refractivity contribution in [3.05, 3.63) is 66.5 Å². The molecule has 0 bridgehead atoms. The molecule has 0 aliphatic carbocycles. The van der Waals surface area contributed by atoms with Gasteiger partial charge in [-0.25, -0.2) is 4.79 Å². The Balaban J connectivity index is 1.50. The molecule has 0 aliphatic rings. The number of ether oxygens (including phenoxy) is 2. The summed E-state index contributed by atoms with van der Waals surface area (Å²) in [5.74, 6) is -1.16. The molecule has 0 aliphatic heterocycles. The topological polar surface area (TPSA) is 85.7 Å². The number of benzene rings is 2. The first-order valence-electron chi connectivity index (χ1n) is 7.60. The summed E-state index contributed by atoms with van der Waals surface area (Å²) < 4.78 is 11.2. The van der Waals surface area contributed by atoms with Crippen molar-refractivity contribution in [2.75, 3.05) is 13.2 Å². The van der Waals surface area contributed by atoms with Crippen LogP contribution in [-0.4, -0.2) is 35.1 Å². The molecular weight excluding hydrogens is 322 g/mol. The van der Waals surface area contributed by atoms with Gasteiger partial charge in [-0.1, -0.05) is 6.07 Å². The molecule has 0 saturated carbocycles. The van der Waals surface area contributed by atoms with Gasteiger partial charge in [0.05, 0.1) is 0 Å². The number of hydrogen-bond acceptors (Lipinski definition) is 5. The normalized spacial score (nSPS) is 10.4. The van der Waals surface area contributed by atoms with E-state index < -0.39 is 11.8 Å². The van der Waals surface area contributed by atoms with E-state index in [0.29, 0.717) is 19.0 Å². The fourth-order valence-electron chi connectivity index (χ4n) is 2.30. The molecule has 0 radical (unpaired) electrons. The third kappa shape index (κ3) is 4.11. The second-order valence-electron chi connectivity index (χ2n) is 5.24. The number of pyridine rings is 1. The van der Waals surface area contributed by atoms with Gasteiger partial charge in [-0.3, -0.25) is 9.78 Å². The zero-order valence-electron chi connectivity index (χ0n) is 13.2. The molecule has 0 saturated heterocycles. The van der Waals surface area contributed by atoms with Crippen molar-refractivity contribution in [2.45, 2.75) is 0 Å². The molecular formula is C19H15NO5. The van der Waals surface area contributed by atoms with Crippen LogP contribution >= 0.6 is 0 Å². The summed E-state index contributed by atoms with van der Waals surface area (Å²) >= 11 is 0. The molecule has 126 valence electrons. The highest BCUT2D eigenvalue weighted by atomic mass is 16.5. The van der Waals surface area contributed by atoms with Crippen LogP contribution in [-0.2, 0) is 4.79 Å². The lowest BCUT2D eigenvalue weighted by Crippen LogP contribution is -2.12. The second kappa shape index (κ2) is 7.44. The number of Topliss-reactive ketones (excluding diaryl/α,β-unsaturated/α-hetero) is 1. The van der Waals surface area contributed by atoms with E-state index in [1.165, 1.54) is 12.1 Å². The number of fused-ring (bicyclic) bond motifs is 1. The van der Waals surface area contributed by atoms with Crippen molar-refractivity contribution in [1.82, 2.24) is 4.98 Å². The highest BCUT2D eigenvalue weighted by Crippen LogP contribution is 2.19. The molecule has 3 rings (SSSR count). The number of carbonyl (C=O) groups excluding carboxylic acids is 1. The maximum absolute atomic E-state index is 11.3. The van der Waals surface area contributed by atoms with Crippen LogP contribution in [0.5, 0.6) is 11.5 Å². The first-order valence-corrected chi connectivity index (χ1v) is 7.60. The monoisotopic (exact) mass is 337 g/mol. The van der Waals surface area contributed by atoms with E-state index in [-0.39, 0.29) is 5.56 Å². The van der Waals surface area contributed by atoms with E-state index in [2.05, 4.69) is 4.98 Å². The highest BCUT2D eigenvalue weighted by molar-refractivity contribution is 6.39. The third-order valence-corrected chi connectivity index (χ3v) is 3.54. The van der Waals surface area contributed by atoms with Crippen molar-refractivity contribution in [2.24, 2.45) is 0 Å². The van der Waals surface area contributed by atoms with Gasteiger partial charge in [0.25, 0.3) is 5.78 Å². The minimum absolute atomic E-state index is 0.112. The zero-order chi connectivity index (χ0) is 17.6. The SMILES string of the molecule is O=C(O)C(=O)c1ccc(OCCOc2ccc3ccncc3c2)cc1. The number of carbonyl (C=O) groups is 2. The van der Waals surface area contributed by atoms with Gasteiger partial charge in [-0.15, -0.1) is 0 Å². The van der Waals surface area contributed by atoms with E-state index in [1.807, 2.05) is 24.3 Å². The number of ketones is 1. The maximum Gasteiger partial charge on any atom is 0.377 e. The minimum atomic E-state index is -1.48. The van der Waals surface area contributed by atoms with Crippen molar-refractivity contribution < 1.29 is 24.2 Å². The van der Waals surface area contributed by atoms with Crippen LogP contribution in [0.15, 0.2) is 60.9 Å². The molecule has 1 aromatic heterocycles. The Morgan fingerprint density at radius 1 is 0.880 bits per heavy atom. The standard InChI is InChI=1S/C19H15NO5/c21-18(19(22)23)14-2-4-16(5-3-14)24-9-10-25-17-6-1-13-7-8-20-12-15(13)11-17/h1-8,11-12H,9-10H2,(H,22,23). The Hall–Kier alpha value is -3.41. The Morgan fingerprint density at radius 2 is 1.56 bits per heavy atom. The molecule has 0 atom stereocenters. The van der Waals surface area contributed by atoms with E-state index in [0.717, 1.165) is 16.5 Å². The van der Waals surface area contributed by atoms with Gasteiger partial charge in [0, 0.05) is 23.3 Å². The van der Waals surface area contributed by atoms with E-state index in [9.17, 15) is 9.59 Å². The van der Waals surface area contributed by atoms with E-state index in [1.54, 1.807) is 24.5 Å². The van der Waals surface area contributed by atoms with Crippen molar-refractivity contribution >= 4 is 22.5 Å². The van der Waals surface area contributed by atoms with Crippen LogP contribution in [0.4, 0.5) is 0 Å². The first kappa shape index (κ1) is 16.4. The lowest BCUT2D eigenvalue weighted by Gasteiger charge is -2.09. The number of rotatable bonds is 7. The smallest absolute Gasteiger partial charge is 0.377 e. The summed E-state index contributed by atoms with van der Waals surface area (Å²) in [6.45, 7) is 0.666. The van der Waals surface area contributed by atoms with Crippen LogP contribution in [0.25, 0.3) is 10.8 Å². The van der Waals surface area contributed by atoms with Gasteiger partial charge in [0.1, 0.15) is 24.7 Å². The number of carboxylic acid groups (broad SMARTS) is 1. The second-order valence-corrected chi connectivity index (χ2v) is 5.24. The van der Waals surface area contributed by atoms with Crippen LogP contribution in [0.1, 0.15) is 10.4 Å². The number of nitrogens with zero attached hydrogens (tertiary/aromatic N) is 1. The largest absolute Gasteiger partial charge is 0.490 e. The highest BCUT2D eigenvalue weighted by Gasteiger charge is 2.13. The van der Waals surface area contributed by atoms with Crippen molar-refractivity contribution in [3.63, 3.8) is 0 Å². The summed E-state index contributed by atoms with van der Waals surface area (Å²) in [6, 6.07) is 13.6. The summed E-state index contributed by atoms with van der Waals surface area (Å²) in [7, 11) is 0. The Labute approximate surface area is 143 Å².